The molecule has 0 atom stereocenters. The third kappa shape index (κ3) is 6.25. The van der Waals surface area contributed by atoms with Gasteiger partial charge in [-0.25, -0.2) is 9.78 Å². The lowest BCUT2D eigenvalue weighted by atomic mass is 10.2. The van der Waals surface area contributed by atoms with Gasteiger partial charge in [0.2, 0.25) is 5.88 Å². The molecule has 1 fully saturated rings. The summed E-state index contributed by atoms with van der Waals surface area (Å²) in [6.45, 7) is 4.20. The molecule has 3 N–H and O–H groups in total. The van der Waals surface area contributed by atoms with E-state index in [4.69, 9.17) is 10.6 Å². The number of alkyl halides is 3. The number of benzene rings is 1. The zero-order chi connectivity index (χ0) is 27.5. The molecule has 12 nitrogen and oxygen atoms in total. The lowest BCUT2D eigenvalue weighted by Gasteiger charge is -2.23. The molecule has 3 amide bonds. The molecule has 1 aromatic heterocycles. The largest absolute Gasteiger partial charge is 0.492 e. The van der Waals surface area contributed by atoms with Crippen molar-refractivity contribution in [2.24, 2.45) is 10.7 Å². The SMILES string of the molecule is C=c1ncc(CN(C(=O)C(F)(F)F)c2ccc(C(=O)ON3C(=O)CCC3=O)cc2)n/c1=C(O)/N=C(\C)N. The number of imide groups is 1. The number of carbonyl (C=O) groups is 4. The quantitative estimate of drug-likeness (QED) is 0.307. The van der Waals surface area contributed by atoms with Crippen LogP contribution in [0.5, 0.6) is 0 Å². The van der Waals surface area contributed by atoms with Crippen molar-refractivity contribution in [1.82, 2.24) is 15.0 Å². The summed E-state index contributed by atoms with van der Waals surface area (Å²) in [4.78, 5) is 64.2. The maximum atomic E-state index is 13.4. The number of aliphatic hydroxyl groups excluding tert-OH is 1. The number of carbonyl (C=O) groups excluding carboxylic acids is 4. The highest BCUT2D eigenvalue weighted by Crippen LogP contribution is 2.26. The molecule has 0 saturated carbocycles. The molecule has 15 heteroatoms. The topological polar surface area (TPSA) is 168 Å². The number of nitrogens with two attached hydrogens (primary N) is 1. The van der Waals surface area contributed by atoms with Gasteiger partial charge in [-0.15, -0.1) is 5.06 Å². The van der Waals surface area contributed by atoms with E-state index in [1.54, 1.807) is 0 Å². The second kappa shape index (κ2) is 10.4. The lowest BCUT2D eigenvalue weighted by Crippen LogP contribution is -2.42. The molecule has 0 unspecified atom stereocenters. The maximum absolute atomic E-state index is 13.4. The van der Waals surface area contributed by atoms with E-state index < -0.39 is 42.3 Å². The van der Waals surface area contributed by atoms with Crippen molar-refractivity contribution < 1.29 is 42.3 Å². The molecule has 194 valence electrons. The van der Waals surface area contributed by atoms with Crippen LogP contribution in [0.1, 0.15) is 35.8 Å². The number of aliphatic hydroxyl groups is 1. The first-order chi connectivity index (χ1) is 17.3. The predicted molar refractivity (Wildman–Crippen MR) is 120 cm³/mol. The van der Waals surface area contributed by atoms with Gasteiger partial charge in [-0.3, -0.25) is 24.3 Å². The molecule has 0 bridgehead atoms. The van der Waals surface area contributed by atoms with Crippen molar-refractivity contribution in [3.8, 4) is 0 Å². The molecule has 1 aliphatic rings. The number of amides is 3. The van der Waals surface area contributed by atoms with Crippen molar-refractivity contribution >= 4 is 47.7 Å². The fourth-order valence-electron chi connectivity index (χ4n) is 3.09. The number of halogens is 3. The fraction of sp³-hybridized carbons (Fsp3) is 0.227. The van der Waals surface area contributed by atoms with Crippen LogP contribution in [0, 0.1) is 0 Å². The first kappa shape index (κ1) is 26.8. The average molecular weight is 520 g/mol. The Morgan fingerprint density at radius 3 is 2.35 bits per heavy atom. The molecule has 0 radical (unpaired) electrons. The Hall–Kier alpha value is -4.82. The summed E-state index contributed by atoms with van der Waals surface area (Å²) in [5.74, 6) is -5.47. The number of nitrogens with zero attached hydrogens (tertiary/aromatic N) is 5. The molecule has 1 aromatic carbocycles. The van der Waals surface area contributed by atoms with Gasteiger partial charge in [-0.05, 0) is 31.2 Å². The fourth-order valence-corrected chi connectivity index (χ4v) is 3.09. The maximum Gasteiger partial charge on any atom is 0.471 e. The van der Waals surface area contributed by atoms with Crippen LogP contribution in [-0.2, 0) is 25.8 Å². The van der Waals surface area contributed by atoms with Gasteiger partial charge in [0.1, 0.15) is 0 Å². The van der Waals surface area contributed by atoms with Gasteiger partial charge in [-0.2, -0.15) is 18.2 Å². The Bertz CT molecular complexity index is 1390. The molecule has 1 aliphatic heterocycles. The molecule has 2 aromatic rings. The Morgan fingerprint density at radius 2 is 1.81 bits per heavy atom. The Kier molecular flexibility index (Phi) is 7.55. The number of hydrogen-bond donors (Lipinski definition) is 2. The van der Waals surface area contributed by atoms with E-state index in [0.717, 1.165) is 30.5 Å². The zero-order valence-corrected chi connectivity index (χ0v) is 19.2. The molecule has 37 heavy (non-hydrogen) atoms. The standard InChI is InChI=1S/C22H19F3N6O6/c1-11-18(19(34)28-12(2)26)29-14(9-27-11)10-30(21(36)22(23,24)25)15-5-3-13(4-6-15)20(35)37-31-16(32)7-8-17(31)33/h3-6,9,34H,1,7-8,10H2,2H3,(H2,26,28)/b19-18-. The van der Waals surface area contributed by atoms with Crippen LogP contribution in [0.15, 0.2) is 35.5 Å². The normalized spacial score (nSPS) is 15.0. The summed E-state index contributed by atoms with van der Waals surface area (Å²) >= 11 is 0. The van der Waals surface area contributed by atoms with Crippen molar-refractivity contribution in [3.05, 3.63) is 52.4 Å². The molecule has 1 saturated heterocycles. The minimum Gasteiger partial charge on any atom is -0.492 e. The highest BCUT2D eigenvalue weighted by atomic mass is 19.4. The molecular formula is C22H19F3N6O6. The third-order valence-corrected chi connectivity index (χ3v) is 4.79. The van der Waals surface area contributed by atoms with E-state index >= 15 is 0 Å². The lowest BCUT2D eigenvalue weighted by molar-refractivity contribution is -0.172. The summed E-state index contributed by atoms with van der Waals surface area (Å²) in [7, 11) is 0. The van der Waals surface area contributed by atoms with Crippen molar-refractivity contribution in [2.45, 2.75) is 32.5 Å². The van der Waals surface area contributed by atoms with Crippen molar-refractivity contribution in [2.75, 3.05) is 4.90 Å². The highest BCUT2D eigenvalue weighted by molar-refractivity contribution is 6.03. The third-order valence-electron chi connectivity index (χ3n) is 4.79. The zero-order valence-electron chi connectivity index (χ0n) is 19.2. The summed E-state index contributed by atoms with van der Waals surface area (Å²) < 4.78 is 40.1. The van der Waals surface area contributed by atoms with Gasteiger partial charge in [0.05, 0.1) is 35.2 Å². The highest BCUT2D eigenvalue weighted by Gasteiger charge is 2.43. The molecule has 2 heterocycles. The monoisotopic (exact) mass is 520 g/mol. The Balaban J connectivity index is 1.93. The number of aliphatic imine (C=N–C) groups is 1. The second-order valence-corrected chi connectivity index (χ2v) is 7.63. The number of rotatable bonds is 6. The van der Waals surface area contributed by atoms with Gasteiger partial charge in [0.25, 0.3) is 11.8 Å². The average Bonchev–Trinajstić information content (AvgIpc) is 3.14. The van der Waals surface area contributed by atoms with Crippen LogP contribution in [-0.4, -0.2) is 55.8 Å². The van der Waals surface area contributed by atoms with Gasteiger partial charge in [0, 0.05) is 18.5 Å². The Morgan fingerprint density at radius 1 is 1.22 bits per heavy atom. The van der Waals surface area contributed by atoms with E-state index in [1.165, 1.54) is 6.92 Å². The summed E-state index contributed by atoms with van der Waals surface area (Å²) in [5.41, 5.74) is 4.77. The van der Waals surface area contributed by atoms with Gasteiger partial charge < -0.3 is 15.7 Å². The number of aromatic nitrogens is 2. The van der Waals surface area contributed by atoms with Crippen LogP contribution in [0.25, 0.3) is 12.5 Å². The van der Waals surface area contributed by atoms with Crippen LogP contribution >= 0.6 is 0 Å². The first-order valence-corrected chi connectivity index (χ1v) is 10.4. The van der Waals surface area contributed by atoms with Crippen LogP contribution < -0.4 is 21.3 Å². The Labute approximate surface area is 206 Å². The van der Waals surface area contributed by atoms with E-state index in [2.05, 4.69) is 21.5 Å². The van der Waals surface area contributed by atoms with Crippen LogP contribution in [0.2, 0.25) is 0 Å². The smallest absolute Gasteiger partial charge is 0.471 e. The van der Waals surface area contributed by atoms with Gasteiger partial charge >= 0.3 is 18.1 Å². The summed E-state index contributed by atoms with van der Waals surface area (Å²) in [6, 6.07) is 4.16. The van der Waals surface area contributed by atoms with E-state index in [0.29, 0.717) is 9.96 Å². The van der Waals surface area contributed by atoms with E-state index in [-0.39, 0.29) is 46.3 Å². The number of amidine groups is 1. The summed E-state index contributed by atoms with van der Waals surface area (Å²) in [6.07, 6.45) is -4.45. The molecule has 0 spiro atoms. The minimum absolute atomic E-state index is 0.0324. The van der Waals surface area contributed by atoms with E-state index in [1.807, 2.05) is 0 Å². The molecule has 3 rings (SSSR count). The molecular weight excluding hydrogens is 501 g/mol. The van der Waals surface area contributed by atoms with E-state index in [9.17, 15) is 37.5 Å². The predicted octanol–water partition coefficient (Wildman–Crippen LogP) is 0.204. The van der Waals surface area contributed by atoms with Crippen LogP contribution in [0.4, 0.5) is 18.9 Å². The second-order valence-electron chi connectivity index (χ2n) is 7.63. The number of hydrogen-bond acceptors (Lipinski definition) is 9. The molecule has 0 aliphatic carbocycles. The summed E-state index contributed by atoms with van der Waals surface area (Å²) in [5, 5.41) is 10.1. The van der Waals surface area contributed by atoms with Gasteiger partial charge in [0.15, 0.2) is 5.35 Å². The minimum atomic E-state index is -5.27. The number of anilines is 1. The number of hydroxylamine groups is 2. The van der Waals surface area contributed by atoms with Gasteiger partial charge in [-0.1, -0.05) is 6.58 Å². The van der Waals surface area contributed by atoms with Crippen molar-refractivity contribution in [3.63, 3.8) is 0 Å². The first-order valence-electron chi connectivity index (χ1n) is 10.4. The van der Waals surface area contributed by atoms with Crippen molar-refractivity contribution in [1.29, 1.82) is 0 Å². The van der Waals surface area contributed by atoms with Crippen LogP contribution in [0.3, 0.4) is 0 Å².